The maximum Gasteiger partial charge on any atom is 1.00 e. The fraction of sp³-hybridized carbons (Fsp3) is 0.663. The molecule has 14 rings (SSSR count). The largest absolute Gasteiger partial charge is 1.00 e. The van der Waals surface area contributed by atoms with Gasteiger partial charge in [-0.3, -0.25) is 33.8 Å². The van der Waals surface area contributed by atoms with E-state index in [1.807, 2.05) is 18.2 Å². The SMILES string of the molecule is CB=N.CC(C)C[C@@H](CN(C)C)N(Cc1cccc(CN2O[C@@H](CO)[C@@H]([C@H](C)O)[C@H]2C(=O)N[C@H]2C[C@H]3C[C@@H]([C@@H]2C)C3(C)C)c1)Cc1cccc2c1OCO2.CC(C)C[C@H](N)CN(C)C.C[C@@H]1[C@@H](NC(=O)[C@@H]2[C@H]([C@H](C)O)[C@H](CO)ON2Cc2cccc(C=O)c2)C[C@H]2C[C@@H]1C2(C)C.O=Cc1cccc2c1OCO2.[B].[H-].[H-].[Na+].[Na+]. The number of nitrogens with one attached hydrogen (secondary N) is 3. The molecule has 110 heavy (non-hydrogen) atoms. The zero-order valence-corrected chi connectivity index (χ0v) is 73.4. The molecule has 4 aliphatic heterocycles. The van der Waals surface area contributed by atoms with Crippen molar-refractivity contribution in [1.29, 1.82) is 5.31 Å². The summed E-state index contributed by atoms with van der Waals surface area (Å²) in [5.74, 6) is 5.86. The number of likely N-dealkylation sites (N-methyl/N-ethyl adjacent to an activating group) is 2. The Morgan fingerprint density at radius 3 is 1.52 bits per heavy atom. The first kappa shape index (κ1) is 96.4. The number of rotatable bonds is 27. The summed E-state index contributed by atoms with van der Waals surface area (Å²) in [4.78, 5) is 68.5. The number of hydrogen-bond acceptors (Lipinski definition) is 21. The summed E-state index contributed by atoms with van der Waals surface area (Å²) in [6.45, 7) is 31.7. The van der Waals surface area contributed by atoms with Crippen LogP contribution in [-0.2, 0) is 45.4 Å². The number of carbonyl (C=O) groups is 4. The molecule has 10 aliphatic rings. The number of aliphatic hydroxyl groups excluding tert-OH is 4. The Bertz CT molecular complexity index is 3540. The molecule has 0 spiro atoms. The molecule has 9 N–H and O–H groups in total. The van der Waals surface area contributed by atoms with Crippen molar-refractivity contribution in [2.45, 2.75) is 215 Å². The number of fused-ring (bicyclic) bond motifs is 6. The molecule has 4 aromatic rings. The first-order valence-corrected chi connectivity index (χ1v) is 38.9. The van der Waals surface area contributed by atoms with E-state index in [1.165, 1.54) is 19.9 Å². The van der Waals surface area contributed by atoms with Crippen LogP contribution in [0.4, 0.5) is 0 Å². The van der Waals surface area contributed by atoms with Crippen LogP contribution in [0.3, 0.4) is 0 Å². The number of carbonyl (C=O) groups excluding carboxylic acids is 4. The van der Waals surface area contributed by atoms with Crippen molar-refractivity contribution in [3.8, 4) is 23.0 Å². The topological polar surface area (TPSA) is 295 Å². The Morgan fingerprint density at radius 1 is 0.636 bits per heavy atom. The Balaban J connectivity index is 0.000000451. The van der Waals surface area contributed by atoms with Gasteiger partial charge in [0.15, 0.2) is 29.3 Å². The molecule has 6 aliphatic carbocycles. The number of benzene rings is 4. The zero-order chi connectivity index (χ0) is 78.4. The Hall–Kier alpha value is -4.19. The van der Waals surface area contributed by atoms with E-state index in [9.17, 15) is 39.6 Å². The molecule has 0 aromatic heterocycles. The molecule has 2 saturated heterocycles. The van der Waals surface area contributed by atoms with Crippen molar-refractivity contribution in [1.82, 2.24) is 35.5 Å². The van der Waals surface area contributed by atoms with E-state index in [4.69, 9.17) is 39.7 Å². The summed E-state index contributed by atoms with van der Waals surface area (Å²) in [7, 11) is 9.62. The number of para-hydroxylation sites is 2. The monoisotopic (exact) mass is 1540 g/mol. The second-order valence-electron chi connectivity index (χ2n) is 33.9. The second-order valence-corrected chi connectivity index (χ2v) is 33.9. The summed E-state index contributed by atoms with van der Waals surface area (Å²) in [5.41, 5.74) is 11.7. The van der Waals surface area contributed by atoms with Crippen molar-refractivity contribution in [2.75, 3.05) is 68.1 Å². The van der Waals surface area contributed by atoms with Crippen molar-refractivity contribution in [3.63, 3.8) is 0 Å². The summed E-state index contributed by atoms with van der Waals surface area (Å²) < 4.78 is 21.7. The summed E-state index contributed by atoms with van der Waals surface area (Å²) in [6.07, 6.45) is 5.12. The van der Waals surface area contributed by atoms with Crippen molar-refractivity contribution in [3.05, 3.63) is 118 Å². The normalized spacial score (nSPS) is 27.1. The minimum atomic E-state index is -0.831. The molecule has 2 amide bonds. The Labute approximate surface area is 706 Å². The van der Waals surface area contributed by atoms with Crippen molar-refractivity contribution >= 4 is 39.9 Å². The van der Waals surface area contributed by atoms with Gasteiger partial charge >= 0.3 is 78.3 Å². The van der Waals surface area contributed by atoms with Crippen LogP contribution in [-0.4, -0.2) is 214 Å². The molecule has 599 valence electrons. The molecule has 4 aromatic carbocycles. The molecule has 6 saturated carbocycles. The third-order valence-corrected chi connectivity index (χ3v) is 23.9. The molecule has 23 nitrogen and oxygen atoms in total. The summed E-state index contributed by atoms with van der Waals surface area (Å²) >= 11 is 0. The molecule has 3 radical (unpaired) electrons. The molecule has 8 fully saturated rings. The molecule has 18 atom stereocenters. The standard InChI is InChI=1S/C41H62N4O6.C25H36N2O5.C8H20N2.C8H6O3.CH4BN.B.2Na.2H/c1-25(2)15-32(22-43(7)8)44(21-30-13-10-14-35-39(30)50-24-49-35)19-28-11-9-12-29(16-28)20-45-38(37(27(4)47)36(23-46)51-45)40(48)42-34-18-31-17-33(26(34)3)41(31,5)6;1-14-19-9-18(25(19,3)4)10-20(14)26-24(31)23-22(15(2)30)21(13-29)32-27(23)11-16-6-5-7-17(8-16)12-28;1-7(2)5-8(9)6-10(3)4;9-4-6-2-1-3-7-8(6)11-5-10-7;1-2-3;;;;;/h9-14,16,25-27,31-34,36-38,46-47H,15,17-24H2,1-8H3,(H,42,48);5-8,12,14-15,18-23,29-30H,9-11,13H2,1-4H3,(H,26,31);7-8H,5-6,9H2,1-4H3;1-4H,5H2;3H,1H3;;;;;/q;;;;;;2*+1;2*-1/t26-,27-,31+,32-,33-,34-,36-,37+,38-;14-,15-,18+,19-,20-,21-,22+,23-;8-;;;;;;;/m000......./s1. The van der Waals surface area contributed by atoms with Gasteiger partial charge < -0.3 is 68.4 Å². The van der Waals surface area contributed by atoms with Crippen molar-refractivity contribution < 1.29 is 130 Å². The van der Waals surface area contributed by atoms with Gasteiger partial charge in [0.05, 0.1) is 44.1 Å². The number of hydrogen-bond donors (Lipinski definition) is 8. The summed E-state index contributed by atoms with van der Waals surface area (Å²) in [6, 6.07) is 26.4. The van der Waals surface area contributed by atoms with Crippen molar-refractivity contribution in [2.24, 2.45) is 75.7 Å². The number of ether oxygens (including phenoxy) is 4. The number of amides is 2. The van der Waals surface area contributed by atoms with E-state index in [-0.39, 0.29) is 128 Å². The van der Waals surface area contributed by atoms with E-state index in [0.29, 0.717) is 100 Å². The van der Waals surface area contributed by atoms with Crippen LogP contribution in [0.1, 0.15) is 167 Å². The van der Waals surface area contributed by atoms with Crippen LogP contribution >= 0.6 is 0 Å². The van der Waals surface area contributed by atoms with E-state index in [2.05, 4.69) is 153 Å². The Kier molecular flexibility index (Phi) is 38.8. The zero-order valence-electron chi connectivity index (χ0n) is 71.4. The van der Waals surface area contributed by atoms with Gasteiger partial charge in [-0.05, 0) is 180 Å². The maximum absolute atomic E-state index is 14.2. The quantitative estimate of drug-likeness (QED) is 0.0312. The number of nitrogens with two attached hydrogens (primary N) is 1. The van der Waals surface area contributed by atoms with Gasteiger partial charge in [-0.15, -0.1) is 0 Å². The van der Waals surface area contributed by atoms with Crippen LogP contribution in [0.2, 0.25) is 6.82 Å². The molecular formula is C83H130B2N9Na2O14. The van der Waals surface area contributed by atoms with Gasteiger partial charge in [-0.2, -0.15) is 10.1 Å². The average Bonchev–Trinajstić information content (AvgIpc) is 0.762. The van der Waals surface area contributed by atoms with Crippen LogP contribution in [0, 0.1) is 75.3 Å². The maximum atomic E-state index is 14.2. The molecular weight excluding hydrogens is 1410 g/mol. The van der Waals surface area contributed by atoms with E-state index < -0.39 is 48.3 Å². The smallest absolute Gasteiger partial charge is 1.00 e. The van der Waals surface area contributed by atoms with E-state index in [0.717, 1.165) is 97.6 Å². The molecule has 27 heteroatoms. The predicted molar refractivity (Wildman–Crippen MR) is 423 cm³/mol. The van der Waals surface area contributed by atoms with E-state index in [1.54, 1.807) is 67.2 Å². The number of aliphatic hydroxyl groups is 4. The number of aldehydes is 2. The van der Waals surface area contributed by atoms with Gasteiger partial charge in [0, 0.05) is 81.7 Å². The van der Waals surface area contributed by atoms with Crippen LogP contribution in [0.5, 0.6) is 23.0 Å². The summed E-state index contributed by atoms with van der Waals surface area (Å²) in [5, 5.41) is 57.6. The number of nitrogens with zero attached hydrogens (tertiary/aromatic N) is 5. The van der Waals surface area contributed by atoms with Crippen LogP contribution in [0.15, 0.2) is 84.9 Å². The minimum absolute atomic E-state index is 0. The van der Waals surface area contributed by atoms with Gasteiger partial charge in [0.2, 0.25) is 25.4 Å². The molecule has 4 heterocycles. The minimum Gasteiger partial charge on any atom is -1.00 e. The first-order valence-electron chi connectivity index (χ1n) is 38.9. The van der Waals surface area contributed by atoms with Gasteiger partial charge in [-0.25, -0.2) is 0 Å². The average molecular weight is 1550 g/mol. The predicted octanol–water partition coefficient (Wildman–Crippen LogP) is 3.72. The van der Waals surface area contributed by atoms with Crippen LogP contribution in [0.25, 0.3) is 0 Å². The molecule has 0 unspecified atom stereocenters. The van der Waals surface area contributed by atoms with Gasteiger partial charge in [0.1, 0.15) is 30.6 Å². The second kappa shape index (κ2) is 44.2. The third kappa shape index (κ3) is 24.5. The Morgan fingerprint density at radius 2 is 1.08 bits per heavy atom. The molecule has 4 bridgehead atoms. The third-order valence-electron chi connectivity index (χ3n) is 23.9. The van der Waals surface area contributed by atoms with Gasteiger partial charge in [-0.1, -0.05) is 130 Å². The fourth-order valence-corrected chi connectivity index (χ4v) is 18.3. The van der Waals surface area contributed by atoms with Gasteiger partial charge in [0.25, 0.3) is 0 Å². The van der Waals surface area contributed by atoms with Crippen LogP contribution < -0.4 is 94.4 Å². The fourth-order valence-electron chi connectivity index (χ4n) is 18.3. The van der Waals surface area contributed by atoms with E-state index >= 15 is 0 Å². The number of hydroxylamine groups is 4. The first-order chi connectivity index (χ1) is 50.8.